The van der Waals surface area contributed by atoms with Crippen molar-refractivity contribution >= 4 is 23.5 Å². The lowest BCUT2D eigenvalue weighted by Gasteiger charge is -2.28. The summed E-state index contributed by atoms with van der Waals surface area (Å²) in [6.07, 6.45) is 4.09. The molecule has 2 fully saturated rings. The molecule has 3 atom stereocenters. The smallest absolute Gasteiger partial charge is 0.223 e. The number of Topliss-reactive ketones (excluding diaryl/α,β-unsaturated/α-hetero) is 1. The van der Waals surface area contributed by atoms with Crippen molar-refractivity contribution in [2.24, 2.45) is 5.92 Å². The van der Waals surface area contributed by atoms with Gasteiger partial charge in [0.2, 0.25) is 5.91 Å². The first-order chi connectivity index (χ1) is 12.7. The molecule has 1 amide bonds. The van der Waals surface area contributed by atoms with Crippen molar-refractivity contribution in [1.82, 2.24) is 10.2 Å². The Morgan fingerprint density at radius 1 is 1.23 bits per heavy atom. The predicted octanol–water partition coefficient (Wildman–Crippen LogP) is 1.37. The molecule has 0 saturated carbocycles. The zero-order valence-corrected chi connectivity index (χ0v) is 15.7. The van der Waals surface area contributed by atoms with E-state index < -0.39 is 0 Å². The van der Waals surface area contributed by atoms with E-state index in [1.54, 1.807) is 11.8 Å². The van der Waals surface area contributed by atoms with Crippen LogP contribution in [0.5, 0.6) is 0 Å². The van der Waals surface area contributed by atoms with E-state index in [0.29, 0.717) is 24.8 Å². The minimum Gasteiger partial charge on any atom is -0.395 e. The van der Waals surface area contributed by atoms with Crippen LogP contribution < -0.4 is 5.32 Å². The van der Waals surface area contributed by atoms with Crippen LogP contribution in [-0.4, -0.2) is 58.1 Å². The van der Waals surface area contributed by atoms with Gasteiger partial charge in [-0.25, -0.2) is 0 Å². The van der Waals surface area contributed by atoms with Crippen LogP contribution >= 0.6 is 11.8 Å². The number of benzene rings is 1. The van der Waals surface area contributed by atoms with Crippen molar-refractivity contribution in [1.29, 1.82) is 0 Å². The molecule has 0 radical (unpaired) electrons. The number of amides is 1. The van der Waals surface area contributed by atoms with Gasteiger partial charge in [-0.2, -0.15) is 0 Å². The van der Waals surface area contributed by atoms with Crippen LogP contribution in [0.4, 0.5) is 0 Å². The van der Waals surface area contributed by atoms with Gasteiger partial charge in [0.05, 0.1) is 17.9 Å². The van der Waals surface area contributed by atoms with Crippen LogP contribution in [0.3, 0.4) is 0 Å². The fourth-order valence-electron chi connectivity index (χ4n) is 4.62. The van der Waals surface area contributed by atoms with E-state index in [1.165, 1.54) is 11.1 Å². The molecule has 1 aromatic carbocycles. The molecule has 1 aliphatic carbocycles. The number of hydrogen-bond donors (Lipinski definition) is 2. The van der Waals surface area contributed by atoms with Crippen molar-refractivity contribution in [2.75, 3.05) is 19.0 Å². The van der Waals surface area contributed by atoms with E-state index in [4.69, 9.17) is 0 Å². The second-order valence-electron chi connectivity index (χ2n) is 7.62. The van der Waals surface area contributed by atoms with E-state index in [-0.39, 0.29) is 35.6 Å². The average molecular weight is 375 g/mol. The fraction of sp³-hybridized carbons (Fsp3) is 0.600. The molecule has 1 unspecified atom stereocenters. The van der Waals surface area contributed by atoms with E-state index >= 15 is 0 Å². The molecular weight excluding hydrogens is 348 g/mol. The van der Waals surface area contributed by atoms with Crippen molar-refractivity contribution in [3.63, 3.8) is 0 Å². The van der Waals surface area contributed by atoms with Crippen molar-refractivity contribution in [3.05, 3.63) is 35.4 Å². The Hall–Kier alpha value is -1.37. The summed E-state index contributed by atoms with van der Waals surface area (Å²) in [4.78, 5) is 27.7. The molecule has 2 saturated heterocycles. The number of fused-ring (bicyclic) bond motifs is 1. The molecule has 4 rings (SSSR count). The van der Waals surface area contributed by atoms with Gasteiger partial charge in [0.15, 0.2) is 5.78 Å². The van der Waals surface area contributed by atoms with Crippen molar-refractivity contribution < 1.29 is 14.7 Å². The summed E-state index contributed by atoms with van der Waals surface area (Å²) in [7, 11) is 0. The number of nitrogens with one attached hydrogen (secondary N) is 1. The van der Waals surface area contributed by atoms with Gasteiger partial charge in [-0.15, -0.1) is 11.8 Å². The Balaban J connectivity index is 1.39. The highest BCUT2D eigenvalue weighted by Gasteiger charge is 2.42. The summed E-state index contributed by atoms with van der Waals surface area (Å²) < 4.78 is 0. The highest BCUT2D eigenvalue weighted by atomic mass is 32.2. The molecule has 2 N–H and O–H groups in total. The van der Waals surface area contributed by atoms with Gasteiger partial charge in [0, 0.05) is 24.9 Å². The summed E-state index contributed by atoms with van der Waals surface area (Å²) in [6, 6.07) is 7.93. The van der Waals surface area contributed by atoms with Crippen LogP contribution in [-0.2, 0) is 22.4 Å². The van der Waals surface area contributed by atoms with E-state index in [0.717, 1.165) is 25.7 Å². The van der Waals surface area contributed by atoms with Crippen LogP contribution in [0.2, 0.25) is 0 Å². The lowest BCUT2D eigenvalue weighted by Crippen LogP contribution is -2.48. The molecule has 26 heavy (non-hydrogen) atoms. The molecular formula is C20H26N2O3S. The number of carbonyl (C=O) groups is 2. The largest absolute Gasteiger partial charge is 0.395 e. The number of ketones is 1. The average Bonchev–Trinajstić information content (AvgIpc) is 3.38. The van der Waals surface area contributed by atoms with Gasteiger partial charge in [-0.1, -0.05) is 24.3 Å². The summed E-state index contributed by atoms with van der Waals surface area (Å²) in [5.74, 6) is 1.27. The minimum atomic E-state index is -0.308. The molecule has 0 spiro atoms. The van der Waals surface area contributed by atoms with E-state index in [1.807, 2.05) is 4.90 Å². The number of aliphatic hydroxyl groups is 1. The topological polar surface area (TPSA) is 69.6 Å². The maximum Gasteiger partial charge on any atom is 0.223 e. The minimum absolute atomic E-state index is 0.0373. The number of nitrogens with zero attached hydrogens (tertiary/aromatic N) is 1. The fourth-order valence-corrected chi connectivity index (χ4v) is 5.84. The number of aliphatic hydroxyl groups excluding tert-OH is 1. The molecule has 2 heterocycles. The first-order valence-corrected chi connectivity index (χ1v) is 10.6. The molecule has 140 valence electrons. The van der Waals surface area contributed by atoms with Gasteiger partial charge < -0.3 is 15.3 Å². The molecule has 0 bridgehead atoms. The molecule has 1 aromatic rings. The summed E-state index contributed by atoms with van der Waals surface area (Å²) >= 11 is 1.55. The van der Waals surface area contributed by atoms with Crippen molar-refractivity contribution in [2.45, 2.75) is 49.4 Å². The Bertz CT molecular complexity index is 670. The molecule has 3 aliphatic rings. The SMILES string of the molecule is O=C(C1SCN[C@@H]1CO)[C@@H]1CCCN1C(=O)CC1Cc2ccccc2C1. The lowest BCUT2D eigenvalue weighted by atomic mass is 9.99. The predicted molar refractivity (Wildman–Crippen MR) is 102 cm³/mol. The third kappa shape index (κ3) is 3.42. The highest BCUT2D eigenvalue weighted by Crippen LogP contribution is 2.32. The summed E-state index contributed by atoms with van der Waals surface area (Å²) in [6.45, 7) is 0.647. The van der Waals surface area contributed by atoms with Crippen molar-refractivity contribution in [3.8, 4) is 0 Å². The first-order valence-electron chi connectivity index (χ1n) is 9.53. The molecule has 6 heteroatoms. The number of hydrogen-bond acceptors (Lipinski definition) is 5. The monoisotopic (exact) mass is 374 g/mol. The number of carbonyl (C=O) groups excluding carboxylic acids is 2. The van der Waals surface area contributed by atoms with Gasteiger partial charge in [-0.3, -0.25) is 9.59 Å². The normalized spacial score (nSPS) is 28.5. The van der Waals surface area contributed by atoms with Gasteiger partial charge in [-0.05, 0) is 42.7 Å². The standard InChI is InChI=1S/C20H26N2O3S/c23-11-16-20(26-12-21-16)19(25)17-6-3-7-22(17)18(24)10-13-8-14-4-1-2-5-15(14)9-13/h1-2,4-5,13,16-17,20-21,23H,3,6-12H2/t16-,17+,20?/m1/s1. The third-order valence-corrected chi connectivity index (χ3v) is 7.20. The third-order valence-electron chi connectivity index (χ3n) is 5.95. The van der Waals surface area contributed by atoms with Crippen LogP contribution in [0.15, 0.2) is 24.3 Å². The van der Waals surface area contributed by atoms with Crippen LogP contribution in [0.1, 0.15) is 30.4 Å². The lowest BCUT2D eigenvalue weighted by molar-refractivity contribution is -0.138. The second kappa shape index (κ2) is 7.71. The molecule has 5 nitrogen and oxygen atoms in total. The van der Waals surface area contributed by atoms with E-state index in [2.05, 4.69) is 29.6 Å². The Morgan fingerprint density at radius 3 is 2.65 bits per heavy atom. The van der Waals surface area contributed by atoms with E-state index in [9.17, 15) is 14.7 Å². The van der Waals surface area contributed by atoms with Gasteiger partial charge in [0.25, 0.3) is 0 Å². The second-order valence-corrected chi connectivity index (χ2v) is 8.75. The summed E-state index contributed by atoms with van der Waals surface area (Å²) in [5, 5.41) is 12.4. The molecule has 2 aliphatic heterocycles. The quantitative estimate of drug-likeness (QED) is 0.815. The first kappa shape index (κ1) is 18.0. The van der Waals surface area contributed by atoms with Gasteiger partial charge in [0.1, 0.15) is 0 Å². The zero-order valence-electron chi connectivity index (χ0n) is 14.9. The number of thioether (sulfide) groups is 1. The van der Waals surface area contributed by atoms with Crippen LogP contribution in [0.25, 0.3) is 0 Å². The Labute approximate surface area is 158 Å². The maximum absolute atomic E-state index is 13.0. The maximum atomic E-state index is 13.0. The summed E-state index contributed by atoms with van der Waals surface area (Å²) in [5.41, 5.74) is 2.72. The Morgan fingerprint density at radius 2 is 1.96 bits per heavy atom. The molecule has 0 aromatic heterocycles. The number of rotatable bonds is 5. The zero-order chi connectivity index (χ0) is 18.1. The van der Waals surface area contributed by atoms with Gasteiger partial charge >= 0.3 is 0 Å². The Kier molecular flexibility index (Phi) is 5.34. The number of likely N-dealkylation sites (tertiary alicyclic amines) is 1. The highest BCUT2D eigenvalue weighted by molar-refractivity contribution is 8.00. The van der Waals surface area contributed by atoms with Crippen LogP contribution in [0, 0.1) is 5.92 Å².